The first-order valence-corrected chi connectivity index (χ1v) is 9.00. The van der Waals surface area contributed by atoms with Crippen molar-refractivity contribution in [1.29, 1.82) is 0 Å². The molecule has 2 rings (SSSR count). The molecule has 0 radical (unpaired) electrons. The van der Waals surface area contributed by atoms with E-state index < -0.39 is 0 Å². The van der Waals surface area contributed by atoms with Crippen LogP contribution in [0.1, 0.15) is 35.7 Å². The van der Waals surface area contributed by atoms with Gasteiger partial charge in [-0.15, -0.1) is 0 Å². The molecule has 2 amide bonds. The van der Waals surface area contributed by atoms with E-state index in [9.17, 15) is 9.59 Å². The zero-order valence-electron chi connectivity index (χ0n) is 15.5. The molecule has 0 unspecified atom stereocenters. The number of benzene rings is 2. The maximum absolute atomic E-state index is 12.2. The van der Waals surface area contributed by atoms with Gasteiger partial charge in [-0.2, -0.15) is 0 Å². The van der Waals surface area contributed by atoms with E-state index in [1.54, 1.807) is 24.1 Å². The predicted molar refractivity (Wildman–Crippen MR) is 105 cm³/mol. The van der Waals surface area contributed by atoms with E-state index >= 15 is 0 Å². The van der Waals surface area contributed by atoms with Crippen LogP contribution < -0.4 is 10.6 Å². The monoisotopic (exact) mass is 353 g/mol. The molecule has 0 heterocycles. The summed E-state index contributed by atoms with van der Waals surface area (Å²) in [6.45, 7) is 3.58. The lowest BCUT2D eigenvalue weighted by atomic mass is 10.2. The molecule has 0 fully saturated rings. The minimum atomic E-state index is -0.0660. The highest BCUT2D eigenvalue weighted by Crippen LogP contribution is 2.10. The van der Waals surface area contributed by atoms with E-state index in [4.69, 9.17) is 0 Å². The third kappa shape index (κ3) is 6.24. The molecule has 0 aromatic heterocycles. The second-order valence-corrected chi connectivity index (χ2v) is 6.28. The first-order valence-electron chi connectivity index (χ1n) is 9.00. The van der Waals surface area contributed by atoms with Gasteiger partial charge in [-0.05, 0) is 36.2 Å². The van der Waals surface area contributed by atoms with Gasteiger partial charge in [0, 0.05) is 31.4 Å². The number of carbonyl (C=O) groups excluding carboxylic acids is 2. The van der Waals surface area contributed by atoms with Gasteiger partial charge in [-0.25, -0.2) is 0 Å². The fourth-order valence-corrected chi connectivity index (χ4v) is 2.48. The molecule has 0 spiro atoms. The number of hydrogen-bond donors (Lipinski definition) is 2. The number of anilines is 1. The van der Waals surface area contributed by atoms with Crippen LogP contribution in [0.2, 0.25) is 0 Å². The van der Waals surface area contributed by atoms with Crippen molar-refractivity contribution in [3.63, 3.8) is 0 Å². The Labute approximate surface area is 155 Å². The lowest BCUT2D eigenvalue weighted by Crippen LogP contribution is -2.31. The molecule has 0 aliphatic rings. The predicted octanol–water partition coefficient (Wildman–Crippen LogP) is 3.29. The second-order valence-electron chi connectivity index (χ2n) is 6.28. The van der Waals surface area contributed by atoms with Gasteiger partial charge >= 0.3 is 0 Å². The van der Waals surface area contributed by atoms with Gasteiger partial charge in [-0.3, -0.25) is 9.59 Å². The van der Waals surface area contributed by atoms with Gasteiger partial charge in [0.15, 0.2) is 0 Å². The van der Waals surface area contributed by atoms with Crippen molar-refractivity contribution in [3.05, 3.63) is 65.7 Å². The van der Waals surface area contributed by atoms with E-state index in [0.29, 0.717) is 18.7 Å². The summed E-state index contributed by atoms with van der Waals surface area (Å²) in [4.78, 5) is 25.9. The van der Waals surface area contributed by atoms with Crippen LogP contribution in [0.25, 0.3) is 0 Å². The fraction of sp³-hybridized carbons (Fsp3) is 0.333. The van der Waals surface area contributed by atoms with Crippen molar-refractivity contribution >= 4 is 17.5 Å². The Hall–Kier alpha value is -2.82. The molecular weight excluding hydrogens is 326 g/mol. The van der Waals surface area contributed by atoms with E-state index in [-0.39, 0.29) is 18.4 Å². The third-order valence-corrected chi connectivity index (χ3v) is 4.10. The summed E-state index contributed by atoms with van der Waals surface area (Å²) < 4.78 is 0. The maximum atomic E-state index is 12.2. The highest BCUT2D eigenvalue weighted by Gasteiger charge is 2.09. The number of carbonyl (C=O) groups is 2. The summed E-state index contributed by atoms with van der Waals surface area (Å²) in [5.74, 6) is -0.0566. The first kappa shape index (κ1) is 19.5. The minimum absolute atomic E-state index is 0.00948. The van der Waals surface area contributed by atoms with Crippen LogP contribution >= 0.6 is 0 Å². The van der Waals surface area contributed by atoms with Crippen molar-refractivity contribution in [2.24, 2.45) is 0 Å². The van der Waals surface area contributed by atoms with Crippen molar-refractivity contribution in [1.82, 2.24) is 10.2 Å². The first-order chi connectivity index (χ1) is 12.6. The van der Waals surface area contributed by atoms with E-state index in [2.05, 4.69) is 17.6 Å². The molecule has 0 atom stereocenters. The molecule has 0 saturated heterocycles. The van der Waals surface area contributed by atoms with Crippen molar-refractivity contribution < 1.29 is 9.59 Å². The number of amides is 2. The fourth-order valence-electron chi connectivity index (χ4n) is 2.48. The largest absolute Gasteiger partial charge is 0.376 e. The van der Waals surface area contributed by atoms with Crippen LogP contribution in [0, 0.1) is 0 Å². The van der Waals surface area contributed by atoms with Crippen LogP contribution in [0.4, 0.5) is 5.69 Å². The molecule has 0 aliphatic heterocycles. The minimum Gasteiger partial charge on any atom is -0.376 e. The Morgan fingerprint density at radius 2 is 1.69 bits per heavy atom. The Kier molecular flexibility index (Phi) is 7.68. The van der Waals surface area contributed by atoms with Crippen molar-refractivity contribution in [3.8, 4) is 0 Å². The third-order valence-electron chi connectivity index (χ3n) is 4.10. The number of hydrogen-bond acceptors (Lipinski definition) is 3. The van der Waals surface area contributed by atoms with Crippen LogP contribution in [0.15, 0.2) is 54.6 Å². The van der Waals surface area contributed by atoms with E-state index in [0.717, 1.165) is 24.1 Å². The average Bonchev–Trinajstić information content (AvgIpc) is 2.67. The van der Waals surface area contributed by atoms with Crippen molar-refractivity contribution in [2.75, 3.05) is 25.5 Å². The number of nitrogens with one attached hydrogen (secondary N) is 2. The summed E-state index contributed by atoms with van der Waals surface area (Å²) in [5.41, 5.74) is 2.54. The number of unbranched alkanes of at least 4 members (excludes halogenated alkanes) is 1. The zero-order valence-corrected chi connectivity index (χ0v) is 15.5. The van der Waals surface area contributed by atoms with Gasteiger partial charge in [0.2, 0.25) is 5.91 Å². The maximum Gasteiger partial charge on any atom is 0.251 e. The summed E-state index contributed by atoms with van der Waals surface area (Å²) >= 11 is 0. The lowest BCUT2D eigenvalue weighted by molar-refractivity contribution is -0.128. The molecule has 0 aliphatic carbocycles. The van der Waals surface area contributed by atoms with Crippen LogP contribution in [-0.2, 0) is 11.3 Å². The number of nitrogens with zero attached hydrogens (tertiary/aromatic N) is 1. The van der Waals surface area contributed by atoms with Crippen LogP contribution in [0.3, 0.4) is 0 Å². The second kappa shape index (κ2) is 10.2. The summed E-state index contributed by atoms with van der Waals surface area (Å²) in [6, 6.07) is 17.1. The molecule has 2 N–H and O–H groups in total. The molecule has 0 saturated carbocycles. The van der Waals surface area contributed by atoms with E-state index in [1.807, 2.05) is 42.5 Å². The molecule has 2 aromatic rings. The molecule has 2 aromatic carbocycles. The van der Waals surface area contributed by atoms with Gasteiger partial charge in [0.05, 0.1) is 6.54 Å². The Balaban J connectivity index is 1.79. The molecular formula is C21H27N3O2. The highest BCUT2D eigenvalue weighted by atomic mass is 16.2. The van der Waals surface area contributed by atoms with Crippen molar-refractivity contribution in [2.45, 2.75) is 26.3 Å². The van der Waals surface area contributed by atoms with Gasteiger partial charge < -0.3 is 15.5 Å². The van der Waals surface area contributed by atoms with Crippen LogP contribution in [-0.4, -0.2) is 36.9 Å². The lowest BCUT2D eigenvalue weighted by Gasteiger charge is -2.18. The quantitative estimate of drug-likeness (QED) is 0.680. The molecule has 5 nitrogen and oxygen atoms in total. The number of rotatable bonds is 9. The van der Waals surface area contributed by atoms with E-state index in [1.165, 1.54) is 0 Å². The standard InChI is InChI=1S/C21H27N3O2/c1-3-4-14-22-21(26)18-10-12-19(13-11-18)23-15-20(25)24(2)16-17-8-6-5-7-9-17/h5-13,23H,3-4,14-16H2,1-2H3,(H,22,26). The normalized spacial score (nSPS) is 10.2. The Morgan fingerprint density at radius 1 is 1.00 bits per heavy atom. The zero-order chi connectivity index (χ0) is 18.8. The molecule has 0 bridgehead atoms. The summed E-state index contributed by atoms with van der Waals surface area (Å²) in [5, 5.41) is 5.99. The number of likely N-dealkylation sites (N-methyl/N-ethyl adjacent to an activating group) is 1. The average molecular weight is 353 g/mol. The topological polar surface area (TPSA) is 61.4 Å². The Bertz CT molecular complexity index is 699. The molecule has 26 heavy (non-hydrogen) atoms. The summed E-state index contributed by atoms with van der Waals surface area (Å²) in [7, 11) is 1.79. The van der Waals surface area contributed by atoms with Gasteiger partial charge in [0.1, 0.15) is 0 Å². The Morgan fingerprint density at radius 3 is 2.35 bits per heavy atom. The van der Waals surface area contributed by atoms with Gasteiger partial charge in [-0.1, -0.05) is 43.7 Å². The molecule has 138 valence electrons. The summed E-state index contributed by atoms with van der Waals surface area (Å²) in [6.07, 6.45) is 2.03. The smallest absolute Gasteiger partial charge is 0.251 e. The molecule has 5 heteroatoms. The SMILES string of the molecule is CCCCNC(=O)c1ccc(NCC(=O)N(C)Cc2ccccc2)cc1. The van der Waals surface area contributed by atoms with Crippen LogP contribution in [0.5, 0.6) is 0 Å². The van der Waals surface area contributed by atoms with Gasteiger partial charge in [0.25, 0.3) is 5.91 Å². The highest BCUT2D eigenvalue weighted by molar-refractivity contribution is 5.94.